The summed E-state index contributed by atoms with van der Waals surface area (Å²) in [5.74, 6) is 0. The van der Waals surface area contributed by atoms with Crippen LogP contribution < -0.4 is 4.90 Å². The van der Waals surface area contributed by atoms with Gasteiger partial charge in [-0.2, -0.15) is 0 Å². The molecule has 9 nitrogen and oxygen atoms in total. The van der Waals surface area contributed by atoms with Crippen molar-refractivity contribution in [2.45, 2.75) is 32.0 Å². The first kappa shape index (κ1) is 18.8. The van der Waals surface area contributed by atoms with Crippen LogP contribution in [-0.4, -0.2) is 64.7 Å². The molecule has 10 heteroatoms. The molecular formula is C17H25N4O5P. The third-order valence-corrected chi connectivity index (χ3v) is 8.15. The number of benzene rings is 1. The average molecular weight is 396 g/mol. The van der Waals surface area contributed by atoms with E-state index in [1.807, 2.05) is 21.2 Å². The smallest absolute Gasteiger partial charge is 0.346 e. The minimum Gasteiger partial charge on any atom is -0.393 e. The summed E-state index contributed by atoms with van der Waals surface area (Å²) >= 11 is 0. The Hall–Kier alpha value is -1.51. The second kappa shape index (κ2) is 7.14. The summed E-state index contributed by atoms with van der Waals surface area (Å²) in [5.41, 5.74) is 1.35. The van der Waals surface area contributed by atoms with Crippen molar-refractivity contribution in [3.8, 4) is 0 Å². The fourth-order valence-electron chi connectivity index (χ4n) is 3.48. The summed E-state index contributed by atoms with van der Waals surface area (Å²) in [7, 11) is -2.96. The fraction of sp³-hybridized carbons (Fsp3) is 0.647. The van der Waals surface area contributed by atoms with Crippen LogP contribution in [0.25, 0.3) is 0 Å². The van der Waals surface area contributed by atoms with Crippen LogP contribution in [0.2, 0.25) is 0 Å². The molecule has 1 atom stereocenters. The first-order valence-electron chi connectivity index (χ1n) is 9.39. The monoisotopic (exact) mass is 396 g/mol. The van der Waals surface area contributed by atoms with Crippen LogP contribution in [0, 0.1) is 10.1 Å². The quantitative estimate of drug-likeness (QED) is 0.325. The van der Waals surface area contributed by atoms with Crippen LogP contribution >= 0.6 is 7.67 Å². The van der Waals surface area contributed by atoms with Gasteiger partial charge in [-0.15, -0.1) is 0 Å². The highest BCUT2D eigenvalue weighted by Gasteiger charge is 2.50. The number of nitro benzene ring substituents is 1. The van der Waals surface area contributed by atoms with Crippen LogP contribution in [0.5, 0.6) is 0 Å². The molecule has 0 radical (unpaired) electrons. The van der Waals surface area contributed by atoms with Gasteiger partial charge in [0, 0.05) is 45.3 Å². The van der Waals surface area contributed by atoms with Crippen LogP contribution in [-0.2, 0) is 9.09 Å². The summed E-state index contributed by atoms with van der Waals surface area (Å²) in [6.45, 7) is 6.10. The number of aliphatic hydroxyl groups is 1. The highest BCUT2D eigenvalue weighted by Crippen LogP contribution is 2.63. The van der Waals surface area contributed by atoms with E-state index in [4.69, 9.17) is 4.52 Å². The van der Waals surface area contributed by atoms with Crippen molar-refractivity contribution in [1.29, 1.82) is 0 Å². The number of nitro groups is 1. The van der Waals surface area contributed by atoms with Gasteiger partial charge in [0.2, 0.25) is 0 Å². The van der Waals surface area contributed by atoms with Gasteiger partial charge in [0.1, 0.15) is 5.69 Å². The van der Waals surface area contributed by atoms with E-state index < -0.39 is 13.8 Å². The number of hydrogen-bond acceptors (Lipinski definition) is 6. The van der Waals surface area contributed by atoms with Gasteiger partial charge in [-0.1, -0.05) is 0 Å². The summed E-state index contributed by atoms with van der Waals surface area (Å²) in [6, 6.07) is 4.95. The Morgan fingerprint density at radius 1 is 1.19 bits per heavy atom. The molecule has 0 aliphatic carbocycles. The van der Waals surface area contributed by atoms with E-state index in [0.29, 0.717) is 31.6 Å². The van der Waals surface area contributed by atoms with E-state index in [1.54, 1.807) is 12.1 Å². The molecule has 0 aromatic heterocycles. The van der Waals surface area contributed by atoms with Crippen molar-refractivity contribution in [2.75, 3.05) is 44.2 Å². The molecule has 1 aromatic rings. The van der Waals surface area contributed by atoms with Gasteiger partial charge in [0.15, 0.2) is 0 Å². The molecule has 3 aliphatic rings. The van der Waals surface area contributed by atoms with E-state index in [1.165, 1.54) is 6.07 Å². The molecule has 1 aromatic carbocycles. The Morgan fingerprint density at radius 3 is 2.30 bits per heavy atom. The summed E-state index contributed by atoms with van der Waals surface area (Å²) in [4.78, 5) is 13.0. The lowest BCUT2D eigenvalue weighted by molar-refractivity contribution is -0.384. The number of anilines is 1. The molecule has 3 saturated heterocycles. The zero-order chi connectivity index (χ0) is 19.2. The van der Waals surface area contributed by atoms with Crippen LogP contribution in [0.15, 0.2) is 18.2 Å². The van der Waals surface area contributed by atoms with E-state index in [2.05, 4.69) is 0 Å². The molecule has 0 saturated carbocycles. The van der Waals surface area contributed by atoms with E-state index in [0.717, 1.165) is 31.7 Å². The standard InChI is InChI=1S/C17H25N4O5P/c1-13(26-27(25,19-8-9-19)20-10-11-20)14-2-3-16(21(23)24)17(12-14)18-6-4-15(22)5-7-18/h2-3,12-13,15,22H,4-11H2,1H3. The summed E-state index contributed by atoms with van der Waals surface area (Å²) in [5, 5.41) is 21.2. The van der Waals surface area contributed by atoms with Gasteiger partial charge in [-0.3, -0.25) is 19.2 Å². The van der Waals surface area contributed by atoms with Gasteiger partial charge in [0.05, 0.1) is 17.1 Å². The highest BCUT2D eigenvalue weighted by molar-refractivity contribution is 7.54. The van der Waals surface area contributed by atoms with Gasteiger partial charge < -0.3 is 10.0 Å². The van der Waals surface area contributed by atoms with Crippen molar-refractivity contribution < 1.29 is 19.1 Å². The first-order valence-corrected chi connectivity index (χ1v) is 10.9. The lowest BCUT2D eigenvalue weighted by atomic mass is 10.0. The Bertz CT molecular complexity index is 759. The molecule has 1 unspecified atom stereocenters. The van der Waals surface area contributed by atoms with Crippen LogP contribution in [0.4, 0.5) is 11.4 Å². The molecular weight excluding hydrogens is 371 g/mol. The topological polar surface area (TPSA) is 98.9 Å². The average Bonchev–Trinajstić information content (AvgIpc) is 3.53. The number of piperidine rings is 1. The second-order valence-corrected chi connectivity index (χ2v) is 9.69. The van der Waals surface area contributed by atoms with E-state index >= 15 is 0 Å². The van der Waals surface area contributed by atoms with Crippen molar-refractivity contribution in [2.24, 2.45) is 0 Å². The molecule has 4 rings (SSSR count). The van der Waals surface area contributed by atoms with E-state index in [9.17, 15) is 19.8 Å². The fourth-order valence-corrected chi connectivity index (χ4v) is 5.83. The van der Waals surface area contributed by atoms with Crippen LogP contribution in [0.1, 0.15) is 31.4 Å². The molecule has 1 N–H and O–H groups in total. The third kappa shape index (κ3) is 3.88. The Kier molecular flexibility index (Phi) is 4.98. The van der Waals surface area contributed by atoms with Crippen molar-refractivity contribution in [3.05, 3.63) is 33.9 Å². The minimum absolute atomic E-state index is 0.0439. The number of aliphatic hydroxyl groups excluding tert-OH is 1. The van der Waals surface area contributed by atoms with Crippen molar-refractivity contribution in [3.63, 3.8) is 0 Å². The molecule has 3 fully saturated rings. The minimum atomic E-state index is -2.96. The molecule has 0 bridgehead atoms. The lowest BCUT2D eigenvalue weighted by Gasteiger charge is -2.31. The third-order valence-electron chi connectivity index (χ3n) is 5.33. The SMILES string of the molecule is CC(OP(=O)(N1CC1)N1CC1)c1ccc([N+](=O)[O-])c(N2CCC(O)CC2)c1. The predicted molar refractivity (Wildman–Crippen MR) is 101 cm³/mol. The van der Waals surface area contributed by atoms with Gasteiger partial charge >= 0.3 is 7.67 Å². The van der Waals surface area contributed by atoms with Crippen LogP contribution in [0.3, 0.4) is 0 Å². The van der Waals surface area contributed by atoms with Gasteiger partial charge in [-0.25, -0.2) is 9.34 Å². The number of nitrogens with zero attached hydrogens (tertiary/aromatic N) is 4. The zero-order valence-electron chi connectivity index (χ0n) is 15.4. The zero-order valence-corrected chi connectivity index (χ0v) is 16.3. The molecule has 148 valence electrons. The molecule has 0 spiro atoms. The number of hydrogen-bond donors (Lipinski definition) is 1. The second-order valence-electron chi connectivity index (χ2n) is 7.37. The van der Waals surface area contributed by atoms with E-state index in [-0.39, 0.29) is 16.7 Å². The predicted octanol–water partition coefficient (Wildman–Crippen LogP) is 2.37. The Labute approximate surface area is 158 Å². The Morgan fingerprint density at radius 2 is 1.78 bits per heavy atom. The van der Waals surface area contributed by atoms with Crippen molar-refractivity contribution in [1.82, 2.24) is 9.34 Å². The molecule has 3 aliphatic heterocycles. The largest absolute Gasteiger partial charge is 0.393 e. The maximum absolute atomic E-state index is 13.2. The Balaban J connectivity index is 1.58. The molecule has 27 heavy (non-hydrogen) atoms. The van der Waals surface area contributed by atoms with Gasteiger partial charge in [0.25, 0.3) is 5.69 Å². The van der Waals surface area contributed by atoms with Crippen molar-refractivity contribution >= 4 is 19.0 Å². The number of rotatable bonds is 7. The maximum atomic E-state index is 13.2. The summed E-state index contributed by atoms with van der Waals surface area (Å²) in [6.07, 6.45) is 0.392. The first-order chi connectivity index (χ1) is 12.9. The molecule has 3 heterocycles. The van der Waals surface area contributed by atoms with Gasteiger partial charge in [-0.05, 0) is 37.5 Å². The normalized spacial score (nSPS) is 22.7. The maximum Gasteiger partial charge on any atom is 0.346 e. The summed E-state index contributed by atoms with van der Waals surface area (Å²) < 4.78 is 22.9. The molecule has 0 amide bonds. The highest BCUT2D eigenvalue weighted by atomic mass is 31.2. The lowest BCUT2D eigenvalue weighted by Crippen LogP contribution is -2.36.